The lowest BCUT2D eigenvalue weighted by Gasteiger charge is -2.29. The van der Waals surface area contributed by atoms with Crippen LogP contribution in [0.4, 0.5) is 5.69 Å². The minimum absolute atomic E-state index is 0.949. The number of aryl methyl sites for hydroxylation is 1. The molecule has 0 radical (unpaired) electrons. The molecule has 0 atom stereocenters. The number of nitrogens with zero attached hydrogens (tertiary/aromatic N) is 2. The molecule has 0 saturated carbocycles. The van der Waals surface area contributed by atoms with Crippen LogP contribution in [0.25, 0.3) is 23.1 Å². The third-order valence-electron chi connectivity index (χ3n) is 4.70. The smallest absolute Gasteiger partial charge is 0.212 e. The number of fused-ring (bicyclic) bond motifs is 2. The third kappa shape index (κ3) is 2.41. The molecule has 2 nitrogen and oxygen atoms in total. The second-order valence-corrected chi connectivity index (χ2v) is 6.08. The molecule has 2 aromatic carbocycles. The zero-order valence-corrected chi connectivity index (χ0v) is 14.1. The van der Waals surface area contributed by atoms with Crippen molar-refractivity contribution in [2.24, 2.45) is 7.05 Å². The summed E-state index contributed by atoms with van der Waals surface area (Å²) in [6.07, 6.45) is 6.68. The number of aromatic nitrogens is 1. The lowest BCUT2D eigenvalue weighted by atomic mass is 10.0. The number of para-hydroxylation sites is 2. The molecule has 0 spiro atoms. The van der Waals surface area contributed by atoms with Gasteiger partial charge in [-0.2, -0.15) is 4.57 Å². The Bertz CT molecular complexity index is 967. The summed E-state index contributed by atoms with van der Waals surface area (Å²) in [6, 6.07) is 21.4. The van der Waals surface area contributed by atoms with E-state index >= 15 is 0 Å². The van der Waals surface area contributed by atoms with E-state index in [-0.39, 0.29) is 0 Å². The third-order valence-corrected chi connectivity index (χ3v) is 4.70. The summed E-state index contributed by atoms with van der Waals surface area (Å²) in [6.45, 7) is 3.15. The molecule has 24 heavy (non-hydrogen) atoms. The maximum Gasteiger partial charge on any atom is 0.212 e. The van der Waals surface area contributed by atoms with E-state index in [0.29, 0.717) is 0 Å². The van der Waals surface area contributed by atoms with Crippen molar-refractivity contribution in [3.05, 3.63) is 83.7 Å². The van der Waals surface area contributed by atoms with Crippen LogP contribution in [0.5, 0.6) is 0 Å². The van der Waals surface area contributed by atoms with Crippen LogP contribution < -0.4 is 9.47 Å². The van der Waals surface area contributed by atoms with Crippen LogP contribution in [0, 0.1) is 0 Å². The van der Waals surface area contributed by atoms with Crippen molar-refractivity contribution < 1.29 is 4.57 Å². The SMILES string of the molecule is CCN1/C(=C/c2ccc3ccccc3[n+]2C)C=Cc2ccccc21. The quantitative estimate of drug-likeness (QED) is 0.629. The van der Waals surface area contributed by atoms with Crippen LogP contribution in [0.15, 0.2) is 72.4 Å². The minimum atomic E-state index is 0.949. The van der Waals surface area contributed by atoms with Crippen LogP contribution in [0.1, 0.15) is 18.2 Å². The van der Waals surface area contributed by atoms with E-state index in [1.165, 1.54) is 33.5 Å². The number of likely N-dealkylation sites (N-methyl/N-ethyl adjacent to an activating group) is 1. The molecular formula is C22H21N2+. The number of benzene rings is 2. The molecule has 3 aromatic rings. The molecule has 0 amide bonds. The summed E-state index contributed by atoms with van der Waals surface area (Å²) in [4.78, 5) is 2.37. The predicted molar refractivity (Wildman–Crippen MR) is 102 cm³/mol. The van der Waals surface area contributed by atoms with Crippen molar-refractivity contribution in [2.45, 2.75) is 6.92 Å². The van der Waals surface area contributed by atoms with Crippen molar-refractivity contribution >= 4 is 28.7 Å². The van der Waals surface area contributed by atoms with Crippen LogP contribution in [0.2, 0.25) is 0 Å². The summed E-state index contributed by atoms with van der Waals surface area (Å²) in [5, 5.41) is 1.26. The molecule has 0 fully saturated rings. The largest absolute Gasteiger partial charge is 0.341 e. The summed E-state index contributed by atoms with van der Waals surface area (Å²) >= 11 is 0. The Morgan fingerprint density at radius 2 is 1.71 bits per heavy atom. The average Bonchev–Trinajstić information content (AvgIpc) is 2.64. The average molecular weight is 313 g/mol. The number of allylic oxidation sites excluding steroid dienone is 1. The van der Waals surface area contributed by atoms with E-state index in [2.05, 4.69) is 102 Å². The number of anilines is 1. The fourth-order valence-corrected chi connectivity index (χ4v) is 3.41. The summed E-state index contributed by atoms with van der Waals surface area (Å²) in [5.74, 6) is 0. The second-order valence-electron chi connectivity index (χ2n) is 6.08. The molecule has 1 aliphatic heterocycles. The molecule has 2 heteroatoms. The number of hydrogen-bond acceptors (Lipinski definition) is 1. The Labute approximate surface area is 143 Å². The summed E-state index contributed by atoms with van der Waals surface area (Å²) in [7, 11) is 2.13. The van der Waals surface area contributed by atoms with Gasteiger partial charge >= 0.3 is 0 Å². The van der Waals surface area contributed by atoms with E-state index in [4.69, 9.17) is 0 Å². The van der Waals surface area contributed by atoms with Gasteiger partial charge in [-0.25, -0.2) is 0 Å². The van der Waals surface area contributed by atoms with Crippen LogP contribution in [-0.2, 0) is 7.05 Å². The summed E-state index contributed by atoms with van der Waals surface area (Å²) < 4.78 is 2.25. The Kier molecular flexibility index (Phi) is 3.66. The lowest BCUT2D eigenvalue weighted by molar-refractivity contribution is -0.646. The Morgan fingerprint density at radius 3 is 2.58 bits per heavy atom. The van der Waals surface area contributed by atoms with Crippen molar-refractivity contribution in [2.75, 3.05) is 11.4 Å². The van der Waals surface area contributed by atoms with Crippen LogP contribution in [-0.4, -0.2) is 6.54 Å². The van der Waals surface area contributed by atoms with Crippen molar-refractivity contribution in [3.8, 4) is 0 Å². The van der Waals surface area contributed by atoms with Gasteiger partial charge in [0.05, 0.1) is 0 Å². The zero-order chi connectivity index (χ0) is 16.5. The zero-order valence-electron chi connectivity index (χ0n) is 14.1. The molecule has 2 heterocycles. The first kappa shape index (κ1) is 14.7. The van der Waals surface area contributed by atoms with Gasteiger partial charge in [-0.3, -0.25) is 0 Å². The maximum absolute atomic E-state index is 2.37. The first-order valence-electron chi connectivity index (χ1n) is 8.42. The highest BCUT2D eigenvalue weighted by molar-refractivity contribution is 5.80. The van der Waals surface area contributed by atoms with E-state index in [1.807, 2.05) is 0 Å². The van der Waals surface area contributed by atoms with Gasteiger partial charge in [0, 0.05) is 41.5 Å². The van der Waals surface area contributed by atoms with Gasteiger partial charge in [0.2, 0.25) is 11.2 Å². The molecule has 0 aliphatic carbocycles. The maximum atomic E-state index is 2.37. The number of hydrogen-bond donors (Lipinski definition) is 0. The molecular weight excluding hydrogens is 292 g/mol. The standard InChI is InChI=1S/C22H21N2/c1-3-24-20(15-13-18-9-5-7-11-22(18)24)16-19-14-12-17-8-4-6-10-21(17)23(19)2/h4-16H,3H2,1-2H3/q+1. The highest BCUT2D eigenvalue weighted by Gasteiger charge is 2.17. The highest BCUT2D eigenvalue weighted by atomic mass is 15.1. The Balaban J connectivity index is 1.83. The minimum Gasteiger partial charge on any atom is -0.341 e. The molecule has 0 unspecified atom stereocenters. The highest BCUT2D eigenvalue weighted by Crippen LogP contribution is 2.31. The topological polar surface area (TPSA) is 7.12 Å². The first-order valence-corrected chi connectivity index (χ1v) is 8.42. The van der Waals surface area contributed by atoms with Gasteiger partial charge < -0.3 is 4.90 Å². The molecule has 0 saturated heterocycles. The summed E-state index contributed by atoms with van der Waals surface area (Å²) in [5.41, 5.74) is 6.22. The lowest BCUT2D eigenvalue weighted by Crippen LogP contribution is -2.33. The van der Waals surface area contributed by atoms with Gasteiger partial charge in [0.25, 0.3) is 0 Å². The van der Waals surface area contributed by atoms with Crippen molar-refractivity contribution in [1.82, 2.24) is 0 Å². The van der Waals surface area contributed by atoms with Gasteiger partial charge in [-0.05, 0) is 36.8 Å². The normalized spacial score (nSPS) is 15.1. The molecule has 0 bridgehead atoms. The van der Waals surface area contributed by atoms with E-state index in [1.54, 1.807) is 0 Å². The van der Waals surface area contributed by atoms with Crippen molar-refractivity contribution in [3.63, 3.8) is 0 Å². The van der Waals surface area contributed by atoms with Gasteiger partial charge in [0.1, 0.15) is 7.05 Å². The van der Waals surface area contributed by atoms with Gasteiger partial charge in [0.15, 0.2) is 0 Å². The fourth-order valence-electron chi connectivity index (χ4n) is 3.41. The van der Waals surface area contributed by atoms with Crippen LogP contribution >= 0.6 is 0 Å². The number of rotatable bonds is 2. The number of pyridine rings is 1. The monoisotopic (exact) mass is 313 g/mol. The van der Waals surface area contributed by atoms with Crippen LogP contribution in [0.3, 0.4) is 0 Å². The molecule has 1 aliphatic rings. The van der Waals surface area contributed by atoms with Gasteiger partial charge in [-0.1, -0.05) is 36.4 Å². The fraction of sp³-hybridized carbons (Fsp3) is 0.136. The van der Waals surface area contributed by atoms with E-state index in [9.17, 15) is 0 Å². The second kappa shape index (κ2) is 5.97. The van der Waals surface area contributed by atoms with Gasteiger partial charge in [-0.15, -0.1) is 0 Å². The molecule has 4 rings (SSSR count). The predicted octanol–water partition coefficient (Wildman–Crippen LogP) is 4.56. The Morgan fingerprint density at radius 1 is 0.917 bits per heavy atom. The Hall–Kier alpha value is -2.87. The van der Waals surface area contributed by atoms with Crippen molar-refractivity contribution in [1.29, 1.82) is 0 Å². The molecule has 1 aromatic heterocycles. The first-order chi connectivity index (χ1) is 11.8. The van der Waals surface area contributed by atoms with E-state index < -0.39 is 0 Å². The molecule has 0 N–H and O–H groups in total. The molecule has 118 valence electrons. The van der Waals surface area contributed by atoms with E-state index in [0.717, 1.165) is 6.54 Å².